The van der Waals surface area contributed by atoms with E-state index in [9.17, 15) is 17.2 Å². The molecule has 158 valence electrons. The fourth-order valence-corrected chi connectivity index (χ4v) is 6.29. The molecule has 0 N–H and O–H groups in total. The Morgan fingerprint density at radius 1 is 1.13 bits per heavy atom. The molecule has 0 bridgehead atoms. The van der Waals surface area contributed by atoms with E-state index < -0.39 is 31.6 Å². The van der Waals surface area contributed by atoms with Crippen LogP contribution in [0.1, 0.15) is 12.8 Å². The lowest BCUT2D eigenvalue weighted by Crippen LogP contribution is -2.39. The number of methoxy groups -OCH3 is 1. The number of sulfone groups is 1. The molecule has 0 spiro atoms. The normalized spacial score (nSPS) is 15.4. The predicted molar refractivity (Wildman–Crippen MR) is 113 cm³/mol. The van der Waals surface area contributed by atoms with Gasteiger partial charge in [-0.25, -0.2) is 22.2 Å². The number of halogens is 2. The van der Waals surface area contributed by atoms with Crippen LogP contribution in [0.5, 0.6) is 5.75 Å². The van der Waals surface area contributed by atoms with Crippen LogP contribution in [0.25, 0.3) is 11.3 Å². The van der Waals surface area contributed by atoms with E-state index >= 15 is 0 Å². The van der Waals surface area contributed by atoms with Crippen LogP contribution in [0.2, 0.25) is 0 Å². The molecule has 4 rings (SSSR count). The van der Waals surface area contributed by atoms with Crippen molar-refractivity contribution in [2.45, 2.75) is 23.0 Å². The summed E-state index contributed by atoms with van der Waals surface area (Å²) in [6, 6.07) is 10.2. The summed E-state index contributed by atoms with van der Waals surface area (Å²) in [6.45, 7) is 0.983. The second-order valence-electron chi connectivity index (χ2n) is 7.02. The molecular weight excluding hydrogens is 430 g/mol. The Morgan fingerprint density at radius 3 is 2.57 bits per heavy atom. The average molecular weight is 451 g/mol. The molecule has 5 nitrogen and oxygen atoms in total. The smallest absolute Gasteiger partial charge is 0.185 e. The van der Waals surface area contributed by atoms with Gasteiger partial charge in [-0.3, -0.25) is 0 Å². The minimum Gasteiger partial charge on any atom is -0.496 e. The number of aromatic nitrogens is 1. The molecule has 0 unspecified atom stereocenters. The van der Waals surface area contributed by atoms with Gasteiger partial charge in [0, 0.05) is 30.1 Å². The number of hydrogen-bond acceptors (Lipinski definition) is 6. The van der Waals surface area contributed by atoms with Gasteiger partial charge >= 0.3 is 0 Å². The van der Waals surface area contributed by atoms with Crippen LogP contribution in [0, 0.1) is 11.6 Å². The van der Waals surface area contributed by atoms with Crippen molar-refractivity contribution in [2.75, 3.05) is 25.1 Å². The van der Waals surface area contributed by atoms with E-state index in [-0.39, 0.29) is 0 Å². The molecule has 1 aromatic heterocycles. The monoisotopic (exact) mass is 450 g/mol. The molecule has 0 radical (unpaired) electrons. The molecule has 1 saturated heterocycles. The highest BCUT2D eigenvalue weighted by Gasteiger charge is 2.34. The summed E-state index contributed by atoms with van der Waals surface area (Å²) in [5.74, 6) is -1.10. The van der Waals surface area contributed by atoms with Gasteiger partial charge in [0.15, 0.2) is 15.0 Å². The topological polar surface area (TPSA) is 59.5 Å². The first-order chi connectivity index (χ1) is 14.4. The summed E-state index contributed by atoms with van der Waals surface area (Å²) < 4.78 is 58.2. The number of hydrogen-bond donors (Lipinski definition) is 0. The Labute approximate surface area is 177 Å². The van der Waals surface area contributed by atoms with Crippen molar-refractivity contribution in [3.63, 3.8) is 0 Å². The van der Waals surface area contributed by atoms with Gasteiger partial charge in [-0.05, 0) is 37.1 Å². The van der Waals surface area contributed by atoms with Crippen LogP contribution in [0.4, 0.5) is 13.9 Å². The summed E-state index contributed by atoms with van der Waals surface area (Å²) in [5.41, 5.74) is 1.70. The van der Waals surface area contributed by atoms with Gasteiger partial charge in [-0.2, -0.15) is 0 Å². The van der Waals surface area contributed by atoms with Crippen molar-refractivity contribution < 1.29 is 21.9 Å². The van der Waals surface area contributed by atoms with E-state index in [4.69, 9.17) is 9.72 Å². The van der Waals surface area contributed by atoms with E-state index in [2.05, 4.69) is 0 Å². The molecule has 30 heavy (non-hydrogen) atoms. The Morgan fingerprint density at radius 2 is 1.87 bits per heavy atom. The van der Waals surface area contributed by atoms with Gasteiger partial charge in [0.1, 0.15) is 22.3 Å². The lowest BCUT2D eigenvalue weighted by molar-refractivity contribution is 0.416. The molecule has 9 heteroatoms. The number of rotatable bonds is 5. The summed E-state index contributed by atoms with van der Waals surface area (Å²) in [6.07, 6.45) is 0.700. The molecule has 1 fully saturated rings. The standard InChI is InChI=1S/C21H20F2N2O3S2/c1-28-19-5-3-2-4-16(19)18-13-29-21(24-18)25-10-8-15(9-11-25)30(26,27)20-7-6-14(22)12-17(20)23/h2-7,12-13,15H,8-11H2,1H3. The first-order valence-electron chi connectivity index (χ1n) is 9.43. The van der Waals surface area contributed by atoms with Crippen LogP contribution in [0.15, 0.2) is 52.7 Å². The van der Waals surface area contributed by atoms with Gasteiger partial charge in [0.05, 0.1) is 18.1 Å². The van der Waals surface area contributed by atoms with Gasteiger partial charge < -0.3 is 9.64 Å². The first kappa shape index (κ1) is 20.7. The highest BCUT2D eigenvalue weighted by Crippen LogP contribution is 2.35. The zero-order chi connectivity index (χ0) is 21.3. The fraction of sp³-hybridized carbons (Fsp3) is 0.286. The summed E-state index contributed by atoms with van der Waals surface area (Å²) >= 11 is 1.49. The number of para-hydroxylation sites is 1. The van der Waals surface area contributed by atoms with Crippen molar-refractivity contribution in [3.8, 4) is 17.0 Å². The third kappa shape index (κ3) is 3.91. The molecular formula is C21H20F2N2O3S2. The maximum atomic E-state index is 14.0. The number of benzene rings is 2. The van der Waals surface area contributed by atoms with Crippen LogP contribution < -0.4 is 9.64 Å². The first-order valence-corrected chi connectivity index (χ1v) is 11.9. The highest BCUT2D eigenvalue weighted by atomic mass is 32.2. The average Bonchev–Trinajstić information content (AvgIpc) is 3.23. The van der Waals surface area contributed by atoms with Crippen LogP contribution in [-0.4, -0.2) is 38.9 Å². The Hall–Kier alpha value is -2.52. The SMILES string of the molecule is COc1ccccc1-c1csc(N2CCC(S(=O)(=O)c3ccc(F)cc3F)CC2)n1. The van der Waals surface area contributed by atoms with E-state index in [1.807, 2.05) is 34.5 Å². The second-order valence-corrected chi connectivity index (χ2v) is 10.1. The van der Waals surface area contributed by atoms with Gasteiger partial charge in [0.2, 0.25) is 0 Å². The molecule has 0 atom stereocenters. The molecule has 2 heterocycles. The quantitative estimate of drug-likeness (QED) is 0.534. The third-order valence-electron chi connectivity index (χ3n) is 5.23. The lowest BCUT2D eigenvalue weighted by Gasteiger charge is -2.31. The summed E-state index contributed by atoms with van der Waals surface area (Å²) in [7, 11) is -2.25. The maximum absolute atomic E-state index is 14.0. The van der Waals surface area contributed by atoms with Crippen molar-refractivity contribution >= 4 is 26.3 Å². The van der Waals surface area contributed by atoms with Gasteiger partial charge in [-0.1, -0.05) is 12.1 Å². The molecule has 0 aliphatic carbocycles. The van der Waals surface area contributed by atoms with Gasteiger partial charge in [-0.15, -0.1) is 11.3 Å². The van der Waals surface area contributed by atoms with Crippen molar-refractivity contribution in [1.82, 2.24) is 4.98 Å². The number of thiazole rings is 1. The zero-order valence-corrected chi connectivity index (χ0v) is 17.8. The summed E-state index contributed by atoms with van der Waals surface area (Å²) in [5, 5.41) is 2.05. The molecule has 0 amide bonds. The molecule has 0 saturated carbocycles. The third-order valence-corrected chi connectivity index (χ3v) is 8.42. The number of ether oxygens (including phenoxy) is 1. The Bertz CT molecular complexity index is 1160. The summed E-state index contributed by atoms with van der Waals surface area (Å²) in [4.78, 5) is 6.30. The van der Waals surface area contributed by atoms with Gasteiger partial charge in [0.25, 0.3) is 0 Å². The van der Waals surface area contributed by atoms with Crippen molar-refractivity contribution in [3.05, 3.63) is 59.5 Å². The Kier molecular flexibility index (Phi) is 5.75. The molecule has 3 aromatic rings. The minimum atomic E-state index is -3.86. The molecule has 1 aliphatic heterocycles. The van der Waals surface area contributed by atoms with E-state index in [0.29, 0.717) is 32.0 Å². The minimum absolute atomic E-state index is 0.350. The number of anilines is 1. The lowest BCUT2D eigenvalue weighted by atomic mass is 10.1. The van der Waals surface area contributed by atoms with Crippen LogP contribution in [0.3, 0.4) is 0 Å². The maximum Gasteiger partial charge on any atom is 0.185 e. The molecule has 2 aromatic carbocycles. The number of nitrogens with zero attached hydrogens (tertiary/aromatic N) is 2. The number of piperidine rings is 1. The second kappa shape index (κ2) is 8.31. The van der Waals surface area contributed by atoms with E-state index in [1.165, 1.54) is 11.3 Å². The van der Waals surface area contributed by atoms with E-state index in [0.717, 1.165) is 34.3 Å². The fourth-order valence-electron chi connectivity index (χ4n) is 3.63. The zero-order valence-electron chi connectivity index (χ0n) is 16.2. The van der Waals surface area contributed by atoms with Crippen molar-refractivity contribution in [1.29, 1.82) is 0 Å². The van der Waals surface area contributed by atoms with Crippen molar-refractivity contribution in [2.24, 2.45) is 0 Å². The van der Waals surface area contributed by atoms with Crippen LogP contribution in [-0.2, 0) is 9.84 Å². The Balaban J connectivity index is 1.48. The van der Waals surface area contributed by atoms with Crippen LogP contribution >= 0.6 is 11.3 Å². The van der Waals surface area contributed by atoms with E-state index in [1.54, 1.807) is 7.11 Å². The highest BCUT2D eigenvalue weighted by molar-refractivity contribution is 7.92. The molecule has 1 aliphatic rings. The predicted octanol–water partition coefficient (Wildman–Crippen LogP) is 4.54. The largest absolute Gasteiger partial charge is 0.496 e.